The second kappa shape index (κ2) is 10.0. The number of hydrazine groups is 1. The molecular weight excluding hydrogens is 390 g/mol. The summed E-state index contributed by atoms with van der Waals surface area (Å²) >= 11 is 6.99. The Bertz CT molecular complexity index is 965. The zero-order valence-electron chi connectivity index (χ0n) is 15.4. The molecule has 0 radical (unpaired) electrons. The number of carbonyl (C=O) groups excluding carboxylic acids is 1. The smallest absolute Gasteiger partial charge is 0.270 e. The van der Waals surface area contributed by atoms with E-state index in [1.54, 1.807) is 30.2 Å². The van der Waals surface area contributed by atoms with Crippen LogP contribution in [-0.2, 0) is 0 Å². The van der Waals surface area contributed by atoms with Crippen molar-refractivity contribution in [1.29, 1.82) is 0 Å². The third kappa shape index (κ3) is 5.17. The molecule has 0 aliphatic carbocycles. The van der Waals surface area contributed by atoms with Crippen molar-refractivity contribution in [3.63, 3.8) is 0 Å². The first-order valence-electron chi connectivity index (χ1n) is 8.82. The number of thioether (sulfide) groups is 1. The Labute approximate surface area is 173 Å². The molecule has 0 saturated carbocycles. The van der Waals surface area contributed by atoms with E-state index in [4.69, 9.17) is 12.2 Å². The highest BCUT2D eigenvalue weighted by atomic mass is 32.2. The molecule has 3 N–H and O–H groups in total. The van der Waals surface area contributed by atoms with Gasteiger partial charge in [0.25, 0.3) is 5.91 Å². The first-order valence-corrected chi connectivity index (χ1v) is 10.6. The van der Waals surface area contributed by atoms with E-state index < -0.39 is 0 Å². The molecule has 0 atom stereocenters. The summed E-state index contributed by atoms with van der Waals surface area (Å²) in [6, 6.07) is 13.1. The van der Waals surface area contributed by atoms with E-state index in [9.17, 15) is 4.79 Å². The third-order valence-corrected chi connectivity index (χ3v) is 4.98. The van der Waals surface area contributed by atoms with Crippen LogP contribution in [0.5, 0.6) is 0 Å². The van der Waals surface area contributed by atoms with Gasteiger partial charge in [-0.05, 0) is 54.9 Å². The van der Waals surface area contributed by atoms with Gasteiger partial charge in [0.15, 0.2) is 5.11 Å². The lowest BCUT2D eigenvalue weighted by Gasteiger charge is -2.13. The maximum absolute atomic E-state index is 12.8. The molecule has 0 spiro atoms. The zero-order valence-corrected chi connectivity index (χ0v) is 17.1. The van der Waals surface area contributed by atoms with Crippen molar-refractivity contribution in [2.24, 2.45) is 0 Å². The van der Waals surface area contributed by atoms with Gasteiger partial charge in [0, 0.05) is 29.9 Å². The van der Waals surface area contributed by atoms with Crippen LogP contribution >= 0.6 is 24.0 Å². The van der Waals surface area contributed by atoms with Crippen molar-refractivity contribution in [3.05, 3.63) is 60.4 Å². The number of aromatic nitrogens is 2. The van der Waals surface area contributed by atoms with Crippen molar-refractivity contribution in [3.8, 4) is 11.3 Å². The quantitative estimate of drug-likeness (QED) is 0.327. The molecule has 6 nitrogen and oxygen atoms in total. The molecule has 2 aromatic heterocycles. The zero-order chi connectivity index (χ0) is 19.8. The van der Waals surface area contributed by atoms with Crippen molar-refractivity contribution in [2.75, 3.05) is 18.6 Å². The van der Waals surface area contributed by atoms with E-state index in [-0.39, 0.29) is 5.91 Å². The maximum Gasteiger partial charge on any atom is 0.270 e. The summed E-state index contributed by atoms with van der Waals surface area (Å²) in [5.41, 5.74) is 8.32. The molecule has 144 valence electrons. The summed E-state index contributed by atoms with van der Waals surface area (Å²) in [5, 5.41) is 4.24. The summed E-state index contributed by atoms with van der Waals surface area (Å²) in [6.45, 7) is 0.757. The predicted octanol–water partition coefficient (Wildman–Crippen LogP) is 3.16. The molecule has 3 rings (SSSR count). The van der Waals surface area contributed by atoms with Crippen LogP contribution in [0, 0.1) is 0 Å². The van der Waals surface area contributed by atoms with Crippen LogP contribution in [-0.4, -0.2) is 39.5 Å². The van der Waals surface area contributed by atoms with Crippen LogP contribution in [0.4, 0.5) is 0 Å². The minimum absolute atomic E-state index is 0.276. The largest absolute Gasteiger partial charge is 0.361 e. The number of hydrogen-bond donors (Lipinski definition) is 3. The number of pyridine rings is 2. The number of rotatable bonds is 6. The molecule has 0 saturated heterocycles. The molecule has 28 heavy (non-hydrogen) atoms. The van der Waals surface area contributed by atoms with Gasteiger partial charge in [-0.15, -0.1) is 0 Å². The molecule has 0 bridgehead atoms. The number of nitrogens with zero attached hydrogens (tertiary/aromatic N) is 2. The third-order valence-electron chi connectivity index (χ3n) is 4.04. The second-order valence-electron chi connectivity index (χ2n) is 5.99. The highest BCUT2D eigenvalue weighted by Gasteiger charge is 2.14. The van der Waals surface area contributed by atoms with E-state index >= 15 is 0 Å². The number of benzene rings is 1. The molecule has 0 fully saturated rings. The summed E-state index contributed by atoms with van der Waals surface area (Å²) in [6.07, 6.45) is 6.47. The molecule has 3 aromatic rings. The summed E-state index contributed by atoms with van der Waals surface area (Å²) in [7, 11) is 0. The van der Waals surface area contributed by atoms with Gasteiger partial charge in [-0.25, -0.2) is 4.98 Å². The molecule has 1 aromatic carbocycles. The minimum atomic E-state index is -0.276. The van der Waals surface area contributed by atoms with Gasteiger partial charge in [0.1, 0.15) is 0 Å². The molecule has 1 amide bonds. The average Bonchev–Trinajstić information content (AvgIpc) is 2.75. The van der Waals surface area contributed by atoms with Gasteiger partial charge in [-0.2, -0.15) is 11.8 Å². The molecule has 2 heterocycles. The van der Waals surface area contributed by atoms with Crippen molar-refractivity contribution >= 4 is 45.9 Å². The molecule has 0 aliphatic heterocycles. The fraction of sp³-hybridized carbons (Fsp3) is 0.200. The van der Waals surface area contributed by atoms with Crippen LogP contribution in [0.3, 0.4) is 0 Å². The number of hydrogen-bond acceptors (Lipinski definition) is 5. The van der Waals surface area contributed by atoms with Gasteiger partial charge >= 0.3 is 0 Å². The first kappa shape index (κ1) is 20.0. The van der Waals surface area contributed by atoms with Crippen LogP contribution in [0.15, 0.2) is 54.9 Å². The topological polar surface area (TPSA) is 78.9 Å². The Kier molecular flexibility index (Phi) is 7.16. The lowest BCUT2D eigenvalue weighted by atomic mass is 10.0. The van der Waals surface area contributed by atoms with Crippen molar-refractivity contribution in [2.45, 2.75) is 6.42 Å². The SMILES string of the molecule is CSCCCNC(=S)NNC(=O)c1cc(-c2ccncc2)nc2ccccc12. The van der Waals surface area contributed by atoms with Gasteiger partial charge in [-0.3, -0.25) is 20.6 Å². The number of nitrogens with one attached hydrogen (secondary N) is 3. The molecule has 0 aliphatic rings. The Hall–Kier alpha value is -2.71. The monoisotopic (exact) mass is 411 g/mol. The van der Waals surface area contributed by atoms with E-state index in [0.717, 1.165) is 35.2 Å². The normalized spacial score (nSPS) is 10.5. The second-order valence-corrected chi connectivity index (χ2v) is 7.38. The lowest BCUT2D eigenvalue weighted by molar-refractivity contribution is 0.0945. The number of para-hydroxylation sites is 1. The first-order chi connectivity index (χ1) is 13.7. The van der Waals surface area contributed by atoms with E-state index in [1.165, 1.54) is 0 Å². The van der Waals surface area contributed by atoms with Crippen LogP contribution < -0.4 is 16.2 Å². The van der Waals surface area contributed by atoms with Gasteiger partial charge in [0.05, 0.1) is 16.8 Å². The van der Waals surface area contributed by atoms with Crippen LogP contribution in [0.1, 0.15) is 16.8 Å². The Morgan fingerprint density at radius 3 is 2.71 bits per heavy atom. The van der Waals surface area contributed by atoms with E-state index in [2.05, 4.69) is 32.4 Å². The fourth-order valence-electron chi connectivity index (χ4n) is 2.68. The minimum Gasteiger partial charge on any atom is -0.361 e. The number of thiocarbonyl (C=S) groups is 1. The number of carbonyl (C=O) groups is 1. The molecule has 8 heteroatoms. The van der Waals surface area contributed by atoms with Crippen molar-refractivity contribution < 1.29 is 4.79 Å². The van der Waals surface area contributed by atoms with Crippen molar-refractivity contribution in [1.82, 2.24) is 26.1 Å². The van der Waals surface area contributed by atoms with Gasteiger partial charge in [-0.1, -0.05) is 18.2 Å². The van der Waals surface area contributed by atoms with Gasteiger partial charge < -0.3 is 5.32 Å². The average molecular weight is 412 g/mol. The Morgan fingerprint density at radius 2 is 1.93 bits per heavy atom. The number of amides is 1. The highest BCUT2D eigenvalue weighted by Crippen LogP contribution is 2.24. The molecule has 0 unspecified atom stereocenters. The van der Waals surface area contributed by atoms with Crippen LogP contribution in [0.25, 0.3) is 22.2 Å². The fourth-order valence-corrected chi connectivity index (χ4v) is 3.26. The highest BCUT2D eigenvalue weighted by molar-refractivity contribution is 7.98. The van der Waals surface area contributed by atoms with Gasteiger partial charge in [0.2, 0.25) is 0 Å². The summed E-state index contributed by atoms with van der Waals surface area (Å²) in [4.78, 5) is 21.5. The summed E-state index contributed by atoms with van der Waals surface area (Å²) < 4.78 is 0. The van der Waals surface area contributed by atoms with E-state index in [0.29, 0.717) is 16.4 Å². The Morgan fingerprint density at radius 1 is 1.14 bits per heavy atom. The summed E-state index contributed by atoms with van der Waals surface area (Å²) in [5.74, 6) is 0.783. The maximum atomic E-state index is 12.8. The Balaban J connectivity index is 1.77. The number of fused-ring (bicyclic) bond motifs is 1. The lowest BCUT2D eigenvalue weighted by Crippen LogP contribution is -2.47. The van der Waals surface area contributed by atoms with E-state index in [1.807, 2.05) is 36.4 Å². The predicted molar refractivity (Wildman–Crippen MR) is 119 cm³/mol. The van der Waals surface area contributed by atoms with Crippen LogP contribution in [0.2, 0.25) is 0 Å². The molecular formula is C20H21N5OS2. The standard InChI is InChI=1S/C20H21N5OS2/c1-28-12-4-9-22-20(27)25-24-19(26)16-13-18(14-7-10-21-11-8-14)23-17-6-3-2-5-15(16)17/h2-3,5-8,10-11,13H,4,9,12H2,1H3,(H,24,26)(H2,22,25,27).